The fraction of sp³-hybridized carbons (Fsp3) is 0.0769. The molecular formula is C26H24N2O6. The van der Waals surface area contributed by atoms with Crippen molar-refractivity contribution >= 4 is 23.2 Å². The second-order valence-corrected chi connectivity index (χ2v) is 6.95. The Labute approximate surface area is 196 Å². The smallest absolute Gasteiger partial charge is 0.263 e. The Morgan fingerprint density at radius 2 is 1.06 bits per heavy atom. The summed E-state index contributed by atoms with van der Waals surface area (Å²) < 4.78 is 11.0. The third-order valence-corrected chi connectivity index (χ3v) is 4.57. The zero-order valence-electron chi connectivity index (χ0n) is 18.3. The number of amides is 2. The molecule has 174 valence electrons. The molecule has 0 aliphatic carbocycles. The third-order valence-electron chi connectivity index (χ3n) is 4.57. The van der Waals surface area contributed by atoms with Crippen molar-refractivity contribution in [1.29, 1.82) is 0 Å². The lowest BCUT2D eigenvalue weighted by Gasteiger charge is -2.20. The Bertz CT molecular complexity index is 1100. The number of rotatable bonds is 10. The van der Waals surface area contributed by atoms with Gasteiger partial charge in [-0.2, -0.15) is 0 Å². The van der Waals surface area contributed by atoms with Crippen molar-refractivity contribution in [3.63, 3.8) is 0 Å². The van der Waals surface area contributed by atoms with E-state index >= 15 is 0 Å². The molecule has 8 heteroatoms. The zero-order chi connectivity index (χ0) is 24.5. The monoisotopic (exact) mass is 460 g/mol. The van der Waals surface area contributed by atoms with Gasteiger partial charge in [0, 0.05) is 11.4 Å². The molecule has 0 aliphatic rings. The fourth-order valence-corrected chi connectivity index (χ4v) is 3.10. The number of anilines is 2. The predicted molar refractivity (Wildman–Crippen MR) is 130 cm³/mol. The van der Waals surface area contributed by atoms with Crippen LogP contribution in [-0.4, -0.2) is 35.2 Å². The number of carbonyl (C=O) groups excluding carboxylic acids is 2. The van der Waals surface area contributed by atoms with Crippen LogP contribution in [0.5, 0.6) is 23.0 Å². The van der Waals surface area contributed by atoms with Gasteiger partial charge in [0.15, 0.2) is 23.0 Å². The van der Waals surface area contributed by atoms with Crippen molar-refractivity contribution < 1.29 is 29.3 Å². The van der Waals surface area contributed by atoms with E-state index in [4.69, 9.17) is 9.47 Å². The first-order valence-electron chi connectivity index (χ1n) is 10.3. The summed E-state index contributed by atoms with van der Waals surface area (Å²) in [7, 11) is 0. The van der Waals surface area contributed by atoms with E-state index in [9.17, 15) is 19.8 Å². The highest BCUT2D eigenvalue weighted by molar-refractivity contribution is 6.14. The van der Waals surface area contributed by atoms with E-state index in [-0.39, 0.29) is 13.2 Å². The van der Waals surface area contributed by atoms with Crippen LogP contribution in [0, 0.1) is 0 Å². The summed E-state index contributed by atoms with van der Waals surface area (Å²) in [6.45, 7) is 6.90. The molecule has 0 saturated carbocycles. The molecule has 0 unspecified atom stereocenters. The maximum Gasteiger partial charge on any atom is 0.263 e. The van der Waals surface area contributed by atoms with E-state index in [2.05, 4.69) is 23.8 Å². The van der Waals surface area contributed by atoms with Gasteiger partial charge in [-0.15, -0.1) is 0 Å². The molecule has 0 fully saturated rings. The maximum atomic E-state index is 13.1. The first-order valence-corrected chi connectivity index (χ1v) is 10.3. The number of ether oxygens (including phenoxy) is 2. The minimum atomic E-state index is -0.781. The van der Waals surface area contributed by atoms with Crippen molar-refractivity contribution in [2.75, 3.05) is 23.8 Å². The quantitative estimate of drug-likeness (QED) is 0.257. The van der Waals surface area contributed by atoms with Gasteiger partial charge in [-0.05, 0) is 24.3 Å². The average Bonchev–Trinajstić information content (AvgIpc) is 2.84. The van der Waals surface area contributed by atoms with Crippen molar-refractivity contribution in [3.05, 3.63) is 97.1 Å². The van der Waals surface area contributed by atoms with E-state index in [1.807, 2.05) is 0 Å². The highest BCUT2D eigenvalue weighted by atomic mass is 16.5. The van der Waals surface area contributed by atoms with Crippen LogP contribution < -0.4 is 20.1 Å². The molecule has 3 aromatic carbocycles. The molecule has 0 radical (unpaired) electrons. The summed E-state index contributed by atoms with van der Waals surface area (Å²) in [6, 6.07) is 17.0. The van der Waals surface area contributed by atoms with Crippen molar-refractivity contribution in [3.8, 4) is 23.0 Å². The van der Waals surface area contributed by atoms with Crippen LogP contribution >= 0.6 is 0 Å². The topological polar surface area (TPSA) is 117 Å². The molecule has 3 aromatic rings. The molecule has 0 bridgehead atoms. The second kappa shape index (κ2) is 11.2. The Morgan fingerprint density at radius 1 is 0.706 bits per heavy atom. The van der Waals surface area contributed by atoms with Crippen LogP contribution in [-0.2, 0) is 0 Å². The van der Waals surface area contributed by atoms with Gasteiger partial charge >= 0.3 is 0 Å². The summed E-state index contributed by atoms with van der Waals surface area (Å²) in [4.78, 5) is 26.2. The number of hydrogen-bond acceptors (Lipinski definition) is 6. The molecule has 0 aromatic heterocycles. The maximum absolute atomic E-state index is 13.1. The van der Waals surface area contributed by atoms with E-state index in [1.54, 1.807) is 60.7 Å². The highest BCUT2D eigenvalue weighted by Crippen LogP contribution is 2.48. The summed E-state index contributed by atoms with van der Waals surface area (Å²) in [5.74, 6) is -3.70. The zero-order valence-corrected chi connectivity index (χ0v) is 18.3. The SMILES string of the molecule is C=CCOc1c(O)c(C(=O)Nc2ccccc2)c(OCC=C)c(O)c1C(=O)Nc1ccccc1. The largest absolute Gasteiger partial charge is 0.504 e. The molecule has 0 spiro atoms. The molecule has 0 atom stereocenters. The fourth-order valence-electron chi connectivity index (χ4n) is 3.10. The summed E-state index contributed by atoms with van der Waals surface area (Å²) in [6.07, 6.45) is 2.78. The van der Waals surface area contributed by atoms with Crippen LogP contribution in [0.2, 0.25) is 0 Å². The Hall–Kier alpha value is -4.72. The van der Waals surface area contributed by atoms with Gasteiger partial charge in [0.25, 0.3) is 11.8 Å². The Morgan fingerprint density at radius 3 is 1.38 bits per heavy atom. The second-order valence-electron chi connectivity index (χ2n) is 6.95. The molecule has 34 heavy (non-hydrogen) atoms. The van der Waals surface area contributed by atoms with E-state index in [1.165, 1.54) is 12.2 Å². The Kier molecular flexibility index (Phi) is 7.91. The minimum Gasteiger partial charge on any atom is -0.504 e. The molecule has 0 heterocycles. The van der Waals surface area contributed by atoms with Crippen LogP contribution in [0.1, 0.15) is 20.7 Å². The van der Waals surface area contributed by atoms with Gasteiger partial charge in [0.2, 0.25) is 0 Å². The first kappa shape index (κ1) is 23.9. The van der Waals surface area contributed by atoms with Gasteiger partial charge in [-0.1, -0.05) is 61.7 Å². The van der Waals surface area contributed by atoms with E-state index < -0.39 is 45.9 Å². The third kappa shape index (κ3) is 5.36. The normalized spacial score (nSPS) is 10.1. The Balaban J connectivity index is 2.15. The van der Waals surface area contributed by atoms with Gasteiger partial charge in [-0.25, -0.2) is 0 Å². The summed E-state index contributed by atoms with van der Waals surface area (Å²) in [5.41, 5.74) is 0.0816. The van der Waals surface area contributed by atoms with Crippen LogP contribution in [0.15, 0.2) is 86.0 Å². The van der Waals surface area contributed by atoms with Crippen LogP contribution in [0.4, 0.5) is 11.4 Å². The van der Waals surface area contributed by atoms with Crippen molar-refractivity contribution in [1.82, 2.24) is 0 Å². The number of nitrogens with one attached hydrogen (secondary N) is 2. The predicted octanol–water partition coefficient (Wildman–Crippen LogP) is 4.73. The van der Waals surface area contributed by atoms with Gasteiger partial charge < -0.3 is 30.3 Å². The van der Waals surface area contributed by atoms with Crippen LogP contribution in [0.3, 0.4) is 0 Å². The number of hydrogen-bond donors (Lipinski definition) is 4. The number of phenols is 2. The van der Waals surface area contributed by atoms with Crippen LogP contribution in [0.25, 0.3) is 0 Å². The summed E-state index contributed by atoms with van der Waals surface area (Å²) >= 11 is 0. The lowest BCUT2D eigenvalue weighted by molar-refractivity contribution is 0.0997. The first-order chi connectivity index (χ1) is 16.5. The lowest BCUT2D eigenvalue weighted by atomic mass is 10.0. The average molecular weight is 460 g/mol. The summed E-state index contributed by atoms with van der Waals surface area (Å²) in [5, 5.41) is 27.3. The van der Waals surface area contributed by atoms with E-state index in [0.717, 1.165) is 0 Å². The molecule has 2 amide bonds. The number of aromatic hydroxyl groups is 2. The molecule has 4 N–H and O–H groups in total. The minimum absolute atomic E-state index is 0.106. The standard InChI is InChI=1S/C26H24N2O6/c1-3-15-33-23-19(25(31)27-17-11-7-5-8-12-17)22(30)24(34-16-4-2)20(21(23)29)26(32)28-18-13-9-6-10-14-18/h3-14,29-30H,1-2,15-16H2,(H,27,31)(H,28,32). The van der Waals surface area contributed by atoms with Crippen molar-refractivity contribution in [2.45, 2.75) is 0 Å². The van der Waals surface area contributed by atoms with Gasteiger partial charge in [0.1, 0.15) is 24.3 Å². The number of para-hydroxylation sites is 2. The van der Waals surface area contributed by atoms with Crippen molar-refractivity contribution in [2.24, 2.45) is 0 Å². The molecule has 8 nitrogen and oxygen atoms in total. The highest BCUT2D eigenvalue weighted by Gasteiger charge is 2.33. The molecular weight excluding hydrogens is 436 g/mol. The van der Waals surface area contributed by atoms with Gasteiger partial charge in [0.05, 0.1) is 0 Å². The van der Waals surface area contributed by atoms with E-state index in [0.29, 0.717) is 11.4 Å². The molecule has 0 aliphatic heterocycles. The molecule has 3 rings (SSSR count). The number of carbonyl (C=O) groups is 2. The number of phenolic OH excluding ortho intramolecular Hbond substituents is 2. The number of benzene rings is 3. The lowest BCUT2D eigenvalue weighted by Crippen LogP contribution is -2.19. The van der Waals surface area contributed by atoms with Gasteiger partial charge in [-0.3, -0.25) is 9.59 Å². The molecule has 0 saturated heterocycles.